The lowest BCUT2D eigenvalue weighted by Crippen LogP contribution is -2.41. The lowest BCUT2D eigenvalue weighted by atomic mass is 10.1. The molecule has 2 amide bonds. The van der Waals surface area contributed by atoms with Crippen molar-refractivity contribution in [2.24, 2.45) is 0 Å². The number of para-hydroxylation sites is 2. The van der Waals surface area contributed by atoms with Gasteiger partial charge in [0.1, 0.15) is 5.82 Å². The van der Waals surface area contributed by atoms with Gasteiger partial charge in [-0.05, 0) is 75.1 Å². The Morgan fingerprint density at radius 2 is 1.66 bits per heavy atom. The topological polar surface area (TPSA) is 67.2 Å². The van der Waals surface area contributed by atoms with Crippen LogP contribution in [0.2, 0.25) is 0 Å². The van der Waals surface area contributed by atoms with Gasteiger partial charge in [-0.25, -0.2) is 9.78 Å². The van der Waals surface area contributed by atoms with Crippen molar-refractivity contribution in [1.29, 1.82) is 0 Å². The number of nitrogens with one attached hydrogen (secondary N) is 1. The molecule has 0 spiro atoms. The van der Waals surface area contributed by atoms with Gasteiger partial charge in [0.05, 0.1) is 22.6 Å². The largest absolute Gasteiger partial charge is 0.322 e. The summed E-state index contributed by atoms with van der Waals surface area (Å²) < 4.78 is 1.67. The number of hydrogen-bond acceptors (Lipinski definition) is 3. The van der Waals surface area contributed by atoms with Crippen LogP contribution in [-0.4, -0.2) is 27.0 Å². The number of urea groups is 1. The quantitative estimate of drug-likeness (QED) is 0.360. The van der Waals surface area contributed by atoms with Crippen LogP contribution in [0.1, 0.15) is 48.8 Å². The molecule has 3 aromatic carbocycles. The van der Waals surface area contributed by atoms with Crippen LogP contribution in [0, 0.1) is 20.8 Å². The summed E-state index contributed by atoms with van der Waals surface area (Å²) >= 11 is 0. The molecular formula is C29H32N4O2. The zero-order valence-electron chi connectivity index (χ0n) is 21.0. The number of benzene rings is 3. The number of carbonyl (C=O) groups excluding carboxylic acids is 1. The Labute approximate surface area is 206 Å². The van der Waals surface area contributed by atoms with E-state index in [0.717, 1.165) is 28.1 Å². The maximum absolute atomic E-state index is 13.7. The van der Waals surface area contributed by atoms with Gasteiger partial charge in [0.25, 0.3) is 5.56 Å². The third-order valence-electron chi connectivity index (χ3n) is 6.44. The highest BCUT2D eigenvalue weighted by atomic mass is 16.2. The molecule has 1 unspecified atom stereocenters. The Morgan fingerprint density at radius 1 is 0.971 bits per heavy atom. The molecule has 35 heavy (non-hydrogen) atoms. The Hall–Kier alpha value is -3.93. The molecule has 0 saturated heterocycles. The predicted molar refractivity (Wildman–Crippen MR) is 142 cm³/mol. The molecular weight excluding hydrogens is 436 g/mol. The van der Waals surface area contributed by atoms with Crippen LogP contribution in [0.15, 0.2) is 71.5 Å². The van der Waals surface area contributed by atoms with Gasteiger partial charge in [0.2, 0.25) is 0 Å². The van der Waals surface area contributed by atoms with E-state index in [1.807, 2.05) is 95.3 Å². The first-order valence-electron chi connectivity index (χ1n) is 12.1. The first-order chi connectivity index (χ1) is 16.8. The molecule has 0 fully saturated rings. The number of amides is 2. The summed E-state index contributed by atoms with van der Waals surface area (Å²) in [6, 6.07) is 20.5. The van der Waals surface area contributed by atoms with E-state index in [1.54, 1.807) is 15.5 Å². The van der Waals surface area contributed by atoms with Crippen molar-refractivity contribution < 1.29 is 4.79 Å². The van der Waals surface area contributed by atoms with Crippen LogP contribution in [0.25, 0.3) is 16.6 Å². The molecule has 0 aliphatic rings. The van der Waals surface area contributed by atoms with Crippen molar-refractivity contribution in [2.75, 3.05) is 11.9 Å². The van der Waals surface area contributed by atoms with Gasteiger partial charge < -0.3 is 10.2 Å². The minimum absolute atomic E-state index is 0.138. The summed E-state index contributed by atoms with van der Waals surface area (Å²) in [7, 11) is 0. The summed E-state index contributed by atoms with van der Waals surface area (Å²) in [4.78, 5) is 34.0. The fourth-order valence-corrected chi connectivity index (χ4v) is 4.63. The number of fused-ring (bicyclic) bond motifs is 1. The summed E-state index contributed by atoms with van der Waals surface area (Å²) in [6.07, 6.45) is 0.602. The van der Waals surface area contributed by atoms with Gasteiger partial charge >= 0.3 is 6.03 Å². The lowest BCUT2D eigenvalue weighted by Gasteiger charge is -2.32. The maximum Gasteiger partial charge on any atom is 0.322 e. The van der Waals surface area contributed by atoms with E-state index < -0.39 is 6.04 Å². The number of aryl methyl sites for hydroxylation is 3. The predicted octanol–water partition coefficient (Wildman–Crippen LogP) is 6.32. The molecule has 1 atom stereocenters. The first kappa shape index (κ1) is 24.2. The molecule has 180 valence electrons. The minimum atomic E-state index is -0.401. The van der Waals surface area contributed by atoms with E-state index in [1.165, 1.54) is 0 Å². The first-order valence-corrected chi connectivity index (χ1v) is 12.1. The lowest BCUT2D eigenvalue weighted by molar-refractivity contribution is 0.185. The fourth-order valence-electron chi connectivity index (χ4n) is 4.63. The summed E-state index contributed by atoms with van der Waals surface area (Å²) in [5.41, 5.74) is 5.09. The van der Waals surface area contributed by atoms with Crippen molar-refractivity contribution in [3.63, 3.8) is 0 Å². The van der Waals surface area contributed by atoms with Crippen LogP contribution in [0.3, 0.4) is 0 Å². The van der Waals surface area contributed by atoms with Crippen molar-refractivity contribution in [3.05, 3.63) is 99.6 Å². The van der Waals surface area contributed by atoms with E-state index in [0.29, 0.717) is 29.7 Å². The summed E-state index contributed by atoms with van der Waals surface area (Å²) in [5.74, 6) is 0.556. The summed E-state index contributed by atoms with van der Waals surface area (Å²) in [6.45, 7) is 10.4. The Balaban J connectivity index is 1.87. The van der Waals surface area contributed by atoms with E-state index in [9.17, 15) is 9.59 Å². The van der Waals surface area contributed by atoms with Crippen molar-refractivity contribution in [3.8, 4) is 5.69 Å². The van der Waals surface area contributed by atoms with Crippen LogP contribution in [0.4, 0.5) is 10.5 Å². The van der Waals surface area contributed by atoms with Gasteiger partial charge in [-0.3, -0.25) is 9.36 Å². The molecule has 6 nitrogen and oxygen atoms in total. The second kappa shape index (κ2) is 10.1. The monoisotopic (exact) mass is 468 g/mol. The van der Waals surface area contributed by atoms with Crippen LogP contribution < -0.4 is 10.9 Å². The zero-order valence-corrected chi connectivity index (χ0v) is 21.0. The average molecular weight is 469 g/mol. The second-order valence-electron chi connectivity index (χ2n) is 8.87. The average Bonchev–Trinajstić information content (AvgIpc) is 2.84. The molecule has 0 aliphatic carbocycles. The van der Waals surface area contributed by atoms with E-state index in [2.05, 4.69) is 5.32 Å². The van der Waals surface area contributed by atoms with Gasteiger partial charge in [-0.15, -0.1) is 0 Å². The highest BCUT2D eigenvalue weighted by molar-refractivity contribution is 5.91. The van der Waals surface area contributed by atoms with Gasteiger partial charge in [-0.2, -0.15) is 0 Å². The van der Waals surface area contributed by atoms with Crippen molar-refractivity contribution in [1.82, 2.24) is 14.5 Å². The third-order valence-corrected chi connectivity index (χ3v) is 6.44. The molecule has 4 rings (SSSR count). The number of carbonyl (C=O) groups is 1. The highest BCUT2D eigenvalue weighted by Gasteiger charge is 2.28. The SMILES string of the molecule is CCC(c1nc2ccccc2c(=O)n1-c1cccc(C)c1)N(CC)C(=O)Nc1c(C)cccc1C. The smallest absolute Gasteiger partial charge is 0.315 e. The number of aromatic nitrogens is 2. The molecule has 0 saturated carbocycles. The fraction of sp³-hybridized carbons (Fsp3) is 0.276. The molecule has 0 bridgehead atoms. The second-order valence-corrected chi connectivity index (χ2v) is 8.87. The van der Waals surface area contributed by atoms with Crippen molar-refractivity contribution >= 4 is 22.6 Å². The molecule has 4 aromatic rings. The van der Waals surface area contributed by atoms with Gasteiger partial charge in [0, 0.05) is 12.2 Å². The van der Waals surface area contributed by atoms with E-state index in [-0.39, 0.29) is 11.6 Å². The molecule has 6 heteroatoms. The molecule has 1 heterocycles. The Morgan fingerprint density at radius 3 is 2.31 bits per heavy atom. The van der Waals surface area contributed by atoms with E-state index >= 15 is 0 Å². The third kappa shape index (κ3) is 4.69. The van der Waals surface area contributed by atoms with Crippen LogP contribution >= 0.6 is 0 Å². The highest BCUT2D eigenvalue weighted by Crippen LogP contribution is 2.28. The number of hydrogen-bond donors (Lipinski definition) is 1. The number of nitrogens with zero attached hydrogens (tertiary/aromatic N) is 3. The number of rotatable bonds is 6. The van der Waals surface area contributed by atoms with E-state index in [4.69, 9.17) is 4.98 Å². The van der Waals surface area contributed by atoms with Gasteiger partial charge in [-0.1, -0.05) is 49.4 Å². The van der Waals surface area contributed by atoms with Crippen LogP contribution in [0.5, 0.6) is 0 Å². The molecule has 1 N–H and O–H groups in total. The minimum Gasteiger partial charge on any atom is -0.315 e. The maximum atomic E-state index is 13.7. The summed E-state index contributed by atoms with van der Waals surface area (Å²) in [5, 5.41) is 3.66. The van der Waals surface area contributed by atoms with Crippen molar-refractivity contribution in [2.45, 2.75) is 47.1 Å². The molecule has 0 radical (unpaired) electrons. The molecule has 1 aromatic heterocycles. The number of anilines is 1. The standard InChI is InChI=1S/C29H32N4O2/c1-6-25(32(7-2)29(35)31-26-20(4)13-11-14-21(26)5)27-30-24-17-9-8-16-23(24)28(34)33(27)22-15-10-12-19(3)18-22/h8-18,25H,6-7H2,1-5H3,(H,31,35). The van der Waals surface area contributed by atoms with Gasteiger partial charge in [0.15, 0.2) is 0 Å². The Kier molecular flexibility index (Phi) is 7.01. The zero-order chi connectivity index (χ0) is 25.1. The van der Waals surface area contributed by atoms with Crippen LogP contribution in [-0.2, 0) is 0 Å². The normalized spacial score (nSPS) is 11.9. The molecule has 0 aliphatic heterocycles. The Bertz CT molecular complexity index is 1420.